The highest BCUT2D eigenvalue weighted by molar-refractivity contribution is 5.88. The van der Waals surface area contributed by atoms with E-state index in [2.05, 4.69) is 15.8 Å². The summed E-state index contributed by atoms with van der Waals surface area (Å²) in [5.41, 5.74) is 0.909. The molecule has 1 heterocycles. The molecule has 2 amide bonds. The molecule has 0 saturated heterocycles. The van der Waals surface area contributed by atoms with Gasteiger partial charge >= 0.3 is 6.03 Å². The average Bonchev–Trinajstić information content (AvgIpc) is 2.94. The minimum atomic E-state index is -0.313. The lowest BCUT2D eigenvalue weighted by molar-refractivity contribution is 0.185. The Labute approximate surface area is 123 Å². The van der Waals surface area contributed by atoms with Gasteiger partial charge in [0, 0.05) is 31.4 Å². The first-order chi connectivity index (χ1) is 10.2. The van der Waals surface area contributed by atoms with Crippen molar-refractivity contribution in [3.05, 3.63) is 36.4 Å². The summed E-state index contributed by atoms with van der Waals surface area (Å²) in [6.45, 7) is 2.51. The Bertz CT molecular complexity index is 569. The van der Waals surface area contributed by atoms with Gasteiger partial charge in [-0.3, -0.25) is 5.32 Å². The number of carbonyl (C=O) groups is 1. The van der Waals surface area contributed by atoms with Gasteiger partial charge in [0.25, 0.3) is 0 Å². The number of amides is 2. The van der Waals surface area contributed by atoms with Crippen molar-refractivity contribution in [3.63, 3.8) is 0 Å². The van der Waals surface area contributed by atoms with E-state index in [1.165, 1.54) is 0 Å². The molecule has 2 aromatic rings. The van der Waals surface area contributed by atoms with Gasteiger partial charge in [0.2, 0.25) is 0 Å². The summed E-state index contributed by atoms with van der Waals surface area (Å²) >= 11 is 0. The van der Waals surface area contributed by atoms with E-state index < -0.39 is 0 Å². The van der Waals surface area contributed by atoms with E-state index in [0.29, 0.717) is 18.2 Å². The lowest BCUT2D eigenvalue weighted by Crippen LogP contribution is -2.36. The molecule has 1 atom stereocenters. The highest BCUT2D eigenvalue weighted by Gasteiger charge is 2.11. The predicted molar refractivity (Wildman–Crippen MR) is 80.0 cm³/mol. The van der Waals surface area contributed by atoms with Crippen molar-refractivity contribution >= 4 is 11.8 Å². The molecule has 1 aromatic carbocycles. The van der Waals surface area contributed by atoms with E-state index >= 15 is 0 Å². The predicted octanol–water partition coefficient (Wildman–Crippen LogP) is 2.89. The van der Waals surface area contributed by atoms with Crippen LogP contribution in [0.1, 0.15) is 13.3 Å². The Morgan fingerprint density at radius 2 is 2.14 bits per heavy atom. The number of urea groups is 1. The first kappa shape index (κ1) is 15.1. The Balaban J connectivity index is 1.89. The van der Waals surface area contributed by atoms with Crippen LogP contribution in [0.4, 0.5) is 10.6 Å². The zero-order chi connectivity index (χ0) is 15.1. The lowest BCUT2D eigenvalue weighted by Gasteiger charge is -2.12. The van der Waals surface area contributed by atoms with Crippen LogP contribution in [0.15, 0.2) is 40.9 Å². The maximum atomic E-state index is 11.8. The Hall–Kier alpha value is -2.34. The van der Waals surface area contributed by atoms with Crippen LogP contribution >= 0.6 is 0 Å². The third-order valence-corrected chi connectivity index (χ3v) is 2.94. The summed E-state index contributed by atoms with van der Waals surface area (Å²) in [5, 5.41) is 9.27. The molecule has 112 valence electrons. The van der Waals surface area contributed by atoms with Gasteiger partial charge in [0.15, 0.2) is 11.6 Å². The highest BCUT2D eigenvalue weighted by Crippen LogP contribution is 2.21. The molecule has 0 aliphatic carbocycles. The van der Waals surface area contributed by atoms with E-state index in [9.17, 15) is 4.79 Å². The van der Waals surface area contributed by atoms with Gasteiger partial charge in [-0.05, 0) is 13.3 Å². The molecule has 0 fully saturated rings. The summed E-state index contributed by atoms with van der Waals surface area (Å²) in [7, 11) is 1.63. The van der Waals surface area contributed by atoms with Crippen LogP contribution in [-0.4, -0.2) is 30.9 Å². The molecule has 0 saturated carbocycles. The quantitative estimate of drug-likeness (QED) is 0.857. The van der Waals surface area contributed by atoms with Crippen LogP contribution < -0.4 is 10.6 Å². The van der Waals surface area contributed by atoms with Gasteiger partial charge in [0.1, 0.15) is 0 Å². The molecule has 1 unspecified atom stereocenters. The molecular formula is C15H19N3O3. The van der Waals surface area contributed by atoms with E-state index in [4.69, 9.17) is 9.26 Å². The summed E-state index contributed by atoms with van der Waals surface area (Å²) in [4.78, 5) is 11.8. The topological polar surface area (TPSA) is 76.4 Å². The Morgan fingerprint density at radius 3 is 2.86 bits per heavy atom. The number of carbonyl (C=O) groups excluding carboxylic acids is 1. The van der Waals surface area contributed by atoms with Crippen molar-refractivity contribution in [2.45, 2.75) is 19.4 Å². The fourth-order valence-electron chi connectivity index (χ4n) is 1.82. The van der Waals surface area contributed by atoms with Crippen molar-refractivity contribution in [1.82, 2.24) is 10.5 Å². The van der Waals surface area contributed by atoms with Crippen LogP contribution in [0.3, 0.4) is 0 Å². The maximum absolute atomic E-state index is 11.8. The summed E-state index contributed by atoms with van der Waals surface area (Å²) in [6.07, 6.45) is 0.748. The maximum Gasteiger partial charge on any atom is 0.320 e. The monoisotopic (exact) mass is 289 g/mol. The zero-order valence-corrected chi connectivity index (χ0v) is 12.1. The van der Waals surface area contributed by atoms with Gasteiger partial charge in [-0.2, -0.15) is 0 Å². The van der Waals surface area contributed by atoms with E-state index in [0.717, 1.165) is 12.0 Å². The second kappa shape index (κ2) is 7.44. The number of nitrogens with one attached hydrogen (secondary N) is 2. The molecular weight excluding hydrogens is 270 g/mol. The number of hydrogen-bond acceptors (Lipinski definition) is 4. The van der Waals surface area contributed by atoms with Crippen molar-refractivity contribution in [2.75, 3.05) is 19.0 Å². The molecule has 0 aliphatic rings. The van der Waals surface area contributed by atoms with Crippen LogP contribution in [-0.2, 0) is 4.74 Å². The van der Waals surface area contributed by atoms with Crippen molar-refractivity contribution in [3.8, 4) is 11.3 Å². The largest absolute Gasteiger partial charge is 0.385 e. The van der Waals surface area contributed by atoms with Crippen molar-refractivity contribution in [1.29, 1.82) is 0 Å². The Kier molecular flexibility index (Phi) is 5.34. The summed E-state index contributed by atoms with van der Waals surface area (Å²) in [5.74, 6) is 0.989. The molecule has 2 N–H and O–H groups in total. The number of hydrogen-bond donors (Lipinski definition) is 2. The van der Waals surface area contributed by atoms with E-state index in [-0.39, 0.29) is 12.1 Å². The number of aromatic nitrogens is 1. The molecule has 0 radical (unpaired) electrons. The number of ether oxygens (including phenoxy) is 1. The number of rotatable bonds is 6. The molecule has 0 bridgehead atoms. The summed E-state index contributed by atoms with van der Waals surface area (Å²) in [6, 6.07) is 11.0. The second-order valence-electron chi connectivity index (χ2n) is 4.72. The van der Waals surface area contributed by atoms with Crippen molar-refractivity contribution in [2.24, 2.45) is 0 Å². The van der Waals surface area contributed by atoms with Gasteiger partial charge in [0.05, 0.1) is 0 Å². The third-order valence-electron chi connectivity index (χ3n) is 2.94. The fourth-order valence-corrected chi connectivity index (χ4v) is 1.82. The van der Waals surface area contributed by atoms with Crippen molar-refractivity contribution < 1.29 is 14.1 Å². The number of anilines is 1. The minimum absolute atomic E-state index is 0.0189. The minimum Gasteiger partial charge on any atom is -0.385 e. The van der Waals surface area contributed by atoms with Crippen LogP contribution in [0.25, 0.3) is 11.3 Å². The molecule has 6 nitrogen and oxygen atoms in total. The first-order valence-electron chi connectivity index (χ1n) is 6.77. The number of methoxy groups -OCH3 is 1. The summed E-state index contributed by atoms with van der Waals surface area (Å²) < 4.78 is 10.2. The number of benzene rings is 1. The SMILES string of the molecule is COCCC(C)NC(=O)Nc1cc(-c2ccccc2)on1. The van der Waals surface area contributed by atoms with Crippen LogP contribution in [0, 0.1) is 0 Å². The molecule has 0 spiro atoms. The van der Waals surface area contributed by atoms with E-state index in [1.807, 2.05) is 37.3 Å². The van der Waals surface area contributed by atoms with Crippen LogP contribution in [0.2, 0.25) is 0 Å². The second-order valence-corrected chi connectivity index (χ2v) is 4.72. The van der Waals surface area contributed by atoms with Crippen LogP contribution in [0.5, 0.6) is 0 Å². The number of nitrogens with zero attached hydrogens (tertiary/aromatic N) is 1. The van der Waals surface area contributed by atoms with Gasteiger partial charge in [-0.25, -0.2) is 4.79 Å². The molecule has 1 aromatic heterocycles. The van der Waals surface area contributed by atoms with Gasteiger partial charge in [-0.15, -0.1) is 0 Å². The molecule has 2 rings (SSSR count). The smallest absolute Gasteiger partial charge is 0.320 e. The third kappa shape index (κ3) is 4.61. The fraction of sp³-hybridized carbons (Fsp3) is 0.333. The normalized spacial score (nSPS) is 11.9. The molecule has 6 heteroatoms. The van der Waals surface area contributed by atoms with E-state index in [1.54, 1.807) is 13.2 Å². The first-order valence-corrected chi connectivity index (χ1v) is 6.77. The standard InChI is InChI=1S/C15H19N3O3/c1-11(8-9-20-2)16-15(19)17-14-10-13(21-18-14)12-6-4-3-5-7-12/h3-7,10-11H,8-9H2,1-2H3,(H2,16,17,18,19). The lowest BCUT2D eigenvalue weighted by atomic mass is 10.2. The van der Waals surface area contributed by atoms with Gasteiger partial charge < -0.3 is 14.6 Å². The average molecular weight is 289 g/mol. The molecule has 0 aliphatic heterocycles. The van der Waals surface area contributed by atoms with Gasteiger partial charge in [-0.1, -0.05) is 35.5 Å². The Morgan fingerprint density at radius 1 is 1.38 bits per heavy atom. The highest BCUT2D eigenvalue weighted by atomic mass is 16.5. The molecule has 21 heavy (non-hydrogen) atoms. The zero-order valence-electron chi connectivity index (χ0n) is 12.1.